The largest absolute Gasteiger partial charge is 0.493 e. The molecule has 300 valence electrons. The molecule has 0 unspecified atom stereocenters. The van der Waals surface area contributed by atoms with Crippen LogP contribution in [-0.4, -0.2) is 34.2 Å². The van der Waals surface area contributed by atoms with E-state index in [0.717, 1.165) is 22.0 Å². The van der Waals surface area contributed by atoms with Gasteiger partial charge >= 0.3 is 0 Å². The Kier molecular flexibility index (Phi) is 14.8. The van der Waals surface area contributed by atoms with E-state index in [4.69, 9.17) is 36.3 Å². The number of nitrogens with one attached hydrogen (secondary N) is 1. The molecule has 0 aliphatic heterocycles. The molecule has 0 bridgehead atoms. The van der Waals surface area contributed by atoms with Gasteiger partial charge in [-0.05, 0) is 59.7 Å². The zero-order valence-corrected chi connectivity index (χ0v) is 35.4. The van der Waals surface area contributed by atoms with E-state index in [2.05, 4.69) is 57.1 Å². The summed E-state index contributed by atoms with van der Waals surface area (Å²) >= 11 is 12.4. The second kappa shape index (κ2) is 20.6. The summed E-state index contributed by atoms with van der Waals surface area (Å²) in [5.74, 6) is 2.05. The minimum Gasteiger partial charge on any atom is -0.493 e. The molecule has 3 N–H and O–H groups in total. The predicted molar refractivity (Wildman–Crippen MR) is 235 cm³/mol. The average Bonchev–Trinajstić information content (AvgIpc) is 3.25. The molecule has 2 aromatic heterocycles. The minimum absolute atomic E-state index is 0.179. The molecule has 2 heterocycles. The predicted octanol–water partition coefficient (Wildman–Crippen LogP) is 11.9. The molecule has 0 amide bonds. The van der Waals surface area contributed by atoms with Crippen LogP contribution in [0, 0.1) is 11.6 Å². The molecule has 0 aliphatic carbocycles. The number of nitrogens with zero attached hydrogens (tertiary/aromatic N) is 4. The number of halogens is 5. The molecule has 0 aliphatic rings. The van der Waals surface area contributed by atoms with Crippen LogP contribution in [0.15, 0.2) is 143 Å². The zero-order chi connectivity index (χ0) is 41.7. The van der Waals surface area contributed by atoms with Crippen molar-refractivity contribution in [2.75, 3.05) is 25.3 Å². The number of aromatic nitrogens is 4. The molecule has 6 aromatic carbocycles. The highest BCUT2D eigenvalue weighted by molar-refractivity contribution is 9.10. The highest BCUT2D eigenvalue weighted by atomic mass is 79.9. The number of methoxy groups -OCH3 is 2. The molecule has 8 rings (SSSR count). The van der Waals surface area contributed by atoms with Gasteiger partial charge < -0.3 is 30.0 Å². The Labute approximate surface area is 360 Å². The highest BCUT2D eigenvalue weighted by Gasteiger charge is 2.14. The van der Waals surface area contributed by atoms with Crippen molar-refractivity contribution in [3.05, 3.63) is 171 Å². The van der Waals surface area contributed by atoms with Crippen molar-refractivity contribution in [3.8, 4) is 23.0 Å². The van der Waals surface area contributed by atoms with E-state index in [0.29, 0.717) is 72.7 Å². The topological polar surface area (TPSA) is 127 Å². The van der Waals surface area contributed by atoms with Crippen LogP contribution in [0.4, 0.5) is 26.0 Å². The summed E-state index contributed by atoms with van der Waals surface area (Å²) in [5, 5.41) is 4.86. The van der Waals surface area contributed by atoms with Gasteiger partial charge in [0, 0.05) is 31.9 Å². The molecule has 59 heavy (non-hydrogen) atoms. The van der Waals surface area contributed by atoms with E-state index >= 15 is 0 Å². The summed E-state index contributed by atoms with van der Waals surface area (Å²) in [5.41, 5.74) is 9.20. The van der Waals surface area contributed by atoms with Gasteiger partial charge in [-0.1, -0.05) is 104 Å². The van der Waals surface area contributed by atoms with Crippen molar-refractivity contribution in [1.82, 2.24) is 19.9 Å². The van der Waals surface area contributed by atoms with Gasteiger partial charge in [0.1, 0.15) is 48.5 Å². The van der Waals surface area contributed by atoms with E-state index in [9.17, 15) is 8.78 Å². The molecule has 15 heteroatoms. The van der Waals surface area contributed by atoms with Gasteiger partial charge in [-0.15, -0.1) is 0 Å². The second-order valence-electron chi connectivity index (χ2n) is 12.4. The average molecular weight is 945 g/mol. The summed E-state index contributed by atoms with van der Waals surface area (Å²) < 4.78 is 50.6. The van der Waals surface area contributed by atoms with E-state index in [1.165, 1.54) is 30.9 Å². The quantitative estimate of drug-likeness (QED) is 0.101. The van der Waals surface area contributed by atoms with E-state index in [1.54, 1.807) is 50.6 Å². The van der Waals surface area contributed by atoms with Gasteiger partial charge in [-0.3, -0.25) is 0 Å². The normalized spacial score (nSPS) is 10.5. The van der Waals surface area contributed by atoms with Crippen molar-refractivity contribution in [1.29, 1.82) is 0 Å². The molecule has 10 nitrogen and oxygen atoms in total. The third-order valence-electron chi connectivity index (χ3n) is 8.41. The maximum absolute atomic E-state index is 14.2. The standard InChI is InChI=1S/C22H17BrFN3O2.C16H13ClN2O2.C6H5BrFN/c1-28-20-10-16-19(11-21(20)29-12-14-5-3-2-4-6-14)25-13-26-22(16)27-18-8-7-15(23)9-17(18)24;1-20-14-7-12-13(18-10-19-16(12)17)8-15(14)21-9-11-5-3-2-4-6-11;7-4-1-2-6(9)5(8)3-4/h2-11,13H,12H2,1H3,(H,25,26,27);2-8,10H,9H2,1H3;1-3H,9H2. The first-order chi connectivity index (χ1) is 28.6. The number of nitrogens with two attached hydrogens (primary N) is 1. The van der Waals surface area contributed by atoms with Gasteiger partial charge in [-0.2, -0.15) is 0 Å². The molecule has 0 spiro atoms. The third-order valence-corrected chi connectivity index (χ3v) is 9.70. The lowest BCUT2D eigenvalue weighted by molar-refractivity contribution is 0.285. The monoisotopic (exact) mass is 942 g/mol. The van der Waals surface area contributed by atoms with Crippen molar-refractivity contribution in [2.24, 2.45) is 0 Å². The van der Waals surface area contributed by atoms with Crippen molar-refractivity contribution in [3.63, 3.8) is 0 Å². The summed E-state index contributed by atoms with van der Waals surface area (Å²) in [6.45, 7) is 0.866. The molecule has 0 saturated heterocycles. The fourth-order valence-electron chi connectivity index (χ4n) is 5.43. The minimum atomic E-state index is -0.388. The Bertz CT molecular complexity index is 2670. The number of hydrogen-bond donors (Lipinski definition) is 2. The van der Waals surface area contributed by atoms with Crippen LogP contribution in [0.2, 0.25) is 5.15 Å². The lowest BCUT2D eigenvalue weighted by atomic mass is 10.2. The maximum Gasteiger partial charge on any atom is 0.163 e. The fraction of sp³-hybridized carbons (Fsp3) is 0.0909. The Morgan fingerprint density at radius 1 is 0.593 bits per heavy atom. The van der Waals surface area contributed by atoms with Crippen LogP contribution in [0.1, 0.15) is 11.1 Å². The molecule has 0 fully saturated rings. The fourth-order valence-corrected chi connectivity index (χ4v) is 6.29. The number of anilines is 3. The number of nitrogen functional groups attached to an aromatic ring is 1. The molecular weight excluding hydrogens is 910 g/mol. The first-order valence-corrected chi connectivity index (χ1v) is 19.6. The summed E-state index contributed by atoms with van der Waals surface area (Å²) in [7, 11) is 3.16. The smallest absolute Gasteiger partial charge is 0.163 e. The summed E-state index contributed by atoms with van der Waals surface area (Å²) in [6.07, 6.45) is 2.85. The number of hydrogen-bond acceptors (Lipinski definition) is 10. The van der Waals surface area contributed by atoms with Gasteiger partial charge in [0.05, 0.1) is 36.6 Å². The van der Waals surface area contributed by atoms with E-state index < -0.39 is 0 Å². The van der Waals surface area contributed by atoms with Crippen molar-refractivity contribution in [2.45, 2.75) is 13.2 Å². The van der Waals surface area contributed by atoms with Gasteiger partial charge in [0.25, 0.3) is 0 Å². The zero-order valence-electron chi connectivity index (χ0n) is 31.5. The Hall–Kier alpha value is -6.09. The molecule has 0 atom stereocenters. The number of rotatable bonds is 10. The molecular formula is C44H35Br2ClF2N6O4. The first kappa shape index (κ1) is 42.5. The number of fused-ring (bicyclic) bond motifs is 2. The van der Waals surface area contributed by atoms with Crippen LogP contribution in [0.5, 0.6) is 23.0 Å². The Morgan fingerprint density at radius 3 is 1.63 bits per heavy atom. The Morgan fingerprint density at radius 2 is 1.10 bits per heavy atom. The van der Waals surface area contributed by atoms with Crippen LogP contribution in [0.25, 0.3) is 21.8 Å². The van der Waals surface area contributed by atoms with Gasteiger partial charge in [0.15, 0.2) is 23.0 Å². The van der Waals surface area contributed by atoms with E-state index in [-0.39, 0.29) is 17.3 Å². The van der Waals surface area contributed by atoms with Crippen molar-refractivity contribution >= 4 is 82.5 Å². The van der Waals surface area contributed by atoms with Gasteiger partial charge in [0.2, 0.25) is 0 Å². The lowest BCUT2D eigenvalue weighted by Gasteiger charge is -2.14. The first-order valence-electron chi connectivity index (χ1n) is 17.7. The molecule has 8 aromatic rings. The lowest BCUT2D eigenvalue weighted by Crippen LogP contribution is -2.01. The second-order valence-corrected chi connectivity index (χ2v) is 14.6. The summed E-state index contributed by atoms with van der Waals surface area (Å²) in [4.78, 5) is 16.8. The highest BCUT2D eigenvalue weighted by Crippen LogP contribution is 2.36. The summed E-state index contributed by atoms with van der Waals surface area (Å²) in [6, 6.07) is 36.3. The van der Waals surface area contributed by atoms with Crippen LogP contribution < -0.4 is 30.0 Å². The maximum atomic E-state index is 14.2. The van der Waals surface area contributed by atoms with Crippen LogP contribution in [0.3, 0.4) is 0 Å². The SMILES string of the molecule is COc1cc2c(Cl)ncnc2cc1OCc1ccccc1.COc1cc2c(Nc3ccc(Br)cc3F)ncnc2cc1OCc1ccccc1.Nc1ccc(Br)cc1F. The number of ether oxygens (including phenoxy) is 4. The van der Waals surface area contributed by atoms with Gasteiger partial charge in [-0.25, -0.2) is 28.7 Å². The van der Waals surface area contributed by atoms with Crippen LogP contribution in [-0.2, 0) is 13.2 Å². The van der Waals surface area contributed by atoms with Crippen molar-refractivity contribution < 1.29 is 27.7 Å². The van der Waals surface area contributed by atoms with E-state index in [1.807, 2.05) is 66.7 Å². The Balaban J connectivity index is 0.000000169. The molecule has 0 saturated carbocycles. The molecule has 0 radical (unpaired) electrons. The number of benzene rings is 6. The third kappa shape index (κ3) is 11.5. The van der Waals surface area contributed by atoms with Crippen LogP contribution >= 0.6 is 43.5 Å².